The molecule has 0 spiro atoms. The fraction of sp³-hybridized carbons (Fsp3) is 0.222. The van der Waals surface area contributed by atoms with Crippen molar-refractivity contribution in [1.29, 1.82) is 0 Å². The van der Waals surface area contributed by atoms with Crippen LogP contribution in [-0.2, 0) is 9.59 Å². The van der Waals surface area contributed by atoms with Crippen molar-refractivity contribution in [3.8, 4) is 0 Å². The molecule has 24 heavy (non-hydrogen) atoms. The Balaban J connectivity index is 2.02. The zero-order valence-corrected chi connectivity index (χ0v) is 12.9. The molecule has 2 atom stereocenters. The summed E-state index contributed by atoms with van der Waals surface area (Å²) in [5.74, 6) is 8.53. The highest BCUT2D eigenvalue weighted by atomic mass is 16.2. The van der Waals surface area contributed by atoms with Crippen LogP contribution in [-0.4, -0.2) is 11.8 Å². The standard InChI is InChI=1S/C18H18N4O2/c19-21-17(23)15-13-9-5-1-2-6-10(9)14(16(15)18(24)22-20)12-8-4-3-7-11(12)13/h1-8,13-16H,19-20H2,(H,21,23)(H,22,24)/t13?,14?,15-,16-/m0/s1. The molecule has 0 aliphatic heterocycles. The Morgan fingerprint density at radius 2 is 0.958 bits per heavy atom. The van der Waals surface area contributed by atoms with Gasteiger partial charge in [0.15, 0.2) is 0 Å². The van der Waals surface area contributed by atoms with Gasteiger partial charge in [0.05, 0.1) is 11.8 Å². The van der Waals surface area contributed by atoms with Crippen LogP contribution in [0.5, 0.6) is 0 Å². The highest BCUT2D eigenvalue weighted by Gasteiger charge is 2.54. The number of fused-ring (bicyclic) bond motifs is 1. The number of amides is 2. The summed E-state index contributed by atoms with van der Waals surface area (Å²) in [5.41, 5.74) is 8.78. The zero-order valence-electron chi connectivity index (χ0n) is 12.9. The number of hydrogen-bond acceptors (Lipinski definition) is 4. The lowest BCUT2D eigenvalue weighted by molar-refractivity contribution is -0.137. The molecule has 122 valence electrons. The maximum atomic E-state index is 12.6. The van der Waals surface area contributed by atoms with E-state index >= 15 is 0 Å². The maximum absolute atomic E-state index is 12.6. The van der Waals surface area contributed by atoms with E-state index in [4.69, 9.17) is 11.7 Å². The van der Waals surface area contributed by atoms with Crippen LogP contribution >= 0.6 is 0 Å². The summed E-state index contributed by atoms with van der Waals surface area (Å²) in [6.45, 7) is 0. The highest BCUT2D eigenvalue weighted by molar-refractivity contribution is 5.92. The van der Waals surface area contributed by atoms with Gasteiger partial charge in [-0.2, -0.15) is 0 Å². The third-order valence-corrected chi connectivity index (χ3v) is 5.33. The highest BCUT2D eigenvalue weighted by Crippen LogP contribution is 2.58. The molecule has 2 amide bonds. The lowest BCUT2D eigenvalue weighted by Crippen LogP contribution is -2.54. The van der Waals surface area contributed by atoms with Gasteiger partial charge in [-0.25, -0.2) is 11.7 Å². The molecule has 0 unspecified atom stereocenters. The van der Waals surface area contributed by atoms with Crippen LogP contribution in [0.2, 0.25) is 0 Å². The second kappa shape index (κ2) is 5.43. The summed E-state index contributed by atoms with van der Waals surface area (Å²) < 4.78 is 0. The molecule has 2 aromatic rings. The normalized spacial score (nSPS) is 26.2. The number of carbonyl (C=O) groups is 2. The number of nitrogens with one attached hydrogen (secondary N) is 2. The fourth-order valence-corrected chi connectivity index (χ4v) is 4.50. The number of hydrogen-bond donors (Lipinski definition) is 4. The van der Waals surface area contributed by atoms with E-state index in [1.165, 1.54) is 0 Å². The summed E-state index contributed by atoms with van der Waals surface area (Å²) >= 11 is 0. The second-order valence-electron chi connectivity index (χ2n) is 6.28. The molecule has 3 aliphatic rings. The molecule has 6 heteroatoms. The van der Waals surface area contributed by atoms with Crippen LogP contribution in [0.3, 0.4) is 0 Å². The molecule has 6 nitrogen and oxygen atoms in total. The van der Waals surface area contributed by atoms with E-state index in [1.807, 2.05) is 48.5 Å². The molecular formula is C18H18N4O2. The minimum absolute atomic E-state index is 0.215. The Bertz CT molecular complexity index is 720. The lowest BCUT2D eigenvalue weighted by Gasteiger charge is -2.48. The molecular weight excluding hydrogens is 304 g/mol. The molecule has 0 radical (unpaired) electrons. The Morgan fingerprint density at radius 3 is 1.21 bits per heavy atom. The van der Waals surface area contributed by atoms with Gasteiger partial charge in [-0.05, 0) is 22.3 Å². The van der Waals surface area contributed by atoms with E-state index in [0.29, 0.717) is 0 Å². The topological polar surface area (TPSA) is 110 Å². The van der Waals surface area contributed by atoms with Crippen molar-refractivity contribution in [3.63, 3.8) is 0 Å². The van der Waals surface area contributed by atoms with E-state index in [2.05, 4.69) is 10.9 Å². The smallest absolute Gasteiger partial charge is 0.238 e. The molecule has 3 aliphatic carbocycles. The number of rotatable bonds is 2. The van der Waals surface area contributed by atoms with Gasteiger partial charge in [-0.15, -0.1) is 0 Å². The molecule has 0 saturated heterocycles. The van der Waals surface area contributed by atoms with Crippen LogP contribution in [0.4, 0.5) is 0 Å². The molecule has 6 N–H and O–H groups in total. The van der Waals surface area contributed by atoms with Gasteiger partial charge in [-0.3, -0.25) is 20.4 Å². The first-order valence-corrected chi connectivity index (χ1v) is 7.87. The predicted molar refractivity (Wildman–Crippen MR) is 88.2 cm³/mol. The number of carbonyl (C=O) groups excluding carboxylic acids is 2. The SMILES string of the molecule is NNC(=O)[C@H]1C2c3ccccc3C(c3ccccc32)[C@@H]1C(=O)NN. The third kappa shape index (κ3) is 1.84. The largest absolute Gasteiger partial charge is 0.294 e. The van der Waals surface area contributed by atoms with Gasteiger partial charge in [0, 0.05) is 11.8 Å². The molecule has 0 aromatic heterocycles. The lowest BCUT2D eigenvalue weighted by atomic mass is 9.54. The number of benzene rings is 2. The second-order valence-corrected chi connectivity index (χ2v) is 6.28. The van der Waals surface area contributed by atoms with Crippen LogP contribution in [0.25, 0.3) is 0 Å². The zero-order chi connectivity index (χ0) is 16.8. The van der Waals surface area contributed by atoms with E-state index in [-0.39, 0.29) is 23.7 Å². The first kappa shape index (κ1) is 14.9. The number of nitrogens with two attached hydrogens (primary N) is 2. The Labute approximate surface area is 139 Å². The molecule has 5 rings (SSSR count). The van der Waals surface area contributed by atoms with Gasteiger partial charge in [0.25, 0.3) is 0 Å². The van der Waals surface area contributed by atoms with Crippen molar-refractivity contribution in [3.05, 3.63) is 70.8 Å². The van der Waals surface area contributed by atoms with Crippen molar-refractivity contribution >= 4 is 11.8 Å². The van der Waals surface area contributed by atoms with E-state index in [1.54, 1.807) is 0 Å². The third-order valence-electron chi connectivity index (χ3n) is 5.33. The Morgan fingerprint density at radius 1 is 0.667 bits per heavy atom. The van der Waals surface area contributed by atoms with Crippen LogP contribution in [0, 0.1) is 11.8 Å². The van der Waals surface area contributed by atoms with Crippen molar-refractivity contribution in [2.45, 2.75) is 11.8 Å². The summed E-state index contributed by atoms with van der Waals surface area (Å²) in [4.78, 5) is 25.1. The van der Waals surface area contributed by atoms with Gasteiger partial charge in [0.1, 0.15) is 0 Å². The quantitative estimate of drug-likeness (QED) is 0.366. The van der Waals surface area contributed by atoms with Crippen LogP contribution in [0.15, 0.2) is 48.5 Å². The van der Waals surface area contributed by atoms with Crippen molar-refractivity contribution in [2.75, 3.05) is 0 Å². The Hall–Kier alpha value is -2.70. The predicted octanol–water partition coefficient (Wildman–Crippen LogP) is 0.490. The average molecular weight is 322 g/mol. The first-order chi connectivity index (χ1) is 11.7. The molecule has 2 bridgehead atoms. The minimum Gasteiger partial charge on any atom is -0.294 e. The molecule has 0 fully saturated rings. The summed E-state index contributed by atoms with van der Waals surface area (Å²) in [6.07, 6.45) is 0. The van der Waals surface area contributed by atoms with Crippen molar-refractivity contribution < 1.29 is 9.59 Å². The monoisotopic (exact) mass is 322 g/mol. The van der Waals surface area contributed by atoms with Gasteiger partial charge in [-0.1, -0.05) is 48.5 Å². The molecule has 0 heterocycles. The van der Waals surface area contributed by atoms with E-state index < -0.39 is 11.8 Å². The first-order valence-electron chi connectivity index (χ1n) is 7.87. The molecule has 0 saturated carbocycles. The fourth-order valence-electron chi connectivity index (χ4n) is 4.50. The van der Waals surface area contributed by atoms with E-state index in [9.17, 15) is 9.59 Å². The van der Waals surface area contributed by atoms with Gasteiger partial charge < -0.3 is 0 Å². The van der Waals surface area contributed by atoms with Crippen molar-refractivity contribution in [2.24, 2.45) is 23.5 Å². The number of hydrazine groups is 2. The maximum Gasteiger partial charge on any atom is 0.238 e. The minimum atomic E-state index is -0.589. The summed E-state index contributed by atoms with van der Waals surface area (Å²) in [6, 6.07) is 15.9. The average Bonchev–Trinajstić information content (AvgIpc) is 2.66. The summed E-state index contributed by atoms with van der Waals surface area (Å²) in [7, 11) is 0. The van der Waals surface area contributed by atoms with Crippen molar-refractivity contribution in [1.82, 2.24) is 10.9 Å². The Kier molecular flexibility index (Phi) is 3.37. The van der Waals surface area contributed by atoms with Crippen LogP contribution < -0.4 is 22.5 Å². The van der Waals surface area contributed by atoms with Crippen LogP contribution in [0.1, 0.15) is 34.1 Å². The van der Waals surface area contributed by atoms with E-state index in [0.717, 1.165) is 22.3 Å². The van der Waals surface area contributed by atoms with Gasteiger partial charge in [0.2, 0.25) is 11.8 Å². The molecule has 2 aromatic carbocycles. The van der Waals surface area contributed by atoms with Gasteiger partial charge >= 0.3 is 0 Å². The summed E-state index contributed by atoms with van der Waals surface area (Å²) in [5, 5.41) is 0.